The van der Waals surface area contributed by atoms with Gasteiger partial charge in [0, 0.05) is 11.9 Å². The molecule has 0 saturated carbocycles. The lowest BCUT2D eigenvalue weighted by Gasteiger charge is -2.08. The van der Waals surface area contributed by atoms with E-state index in [1.54, 1.807) is 6.92 Å². The second-order valence-electron chi connectivity index (χ2n) is 4.83. The van der Waals surface area contributed by atoms with Crippen molar-refractivity contribution in [2.75, 3.05) is 11.6 Å². The Bertz CT molecular complexity index is 848. The van der Waals surface area contributed by atoms with E-state index in [2.05, 4.69) is 5.32 Å². The Balaban J connectivity index is 2.35. The first-order valence-electron chi connectivity index (χ1n) is 6.25. The number of hydrogen-bond acceptors (Lipinski definition) is 3. The highest BCUT2D eigenvalue weighted by Crippen LogP contribution is 2.18. The third kappa shape index (κ3) is 3.48. The van der Waals surface area contributed by atoms with Gasteiger partial charge in [-0.15, -0.1) is 0 Å². The second-order valence-corrected chi connectivity index (χ2v) is 6.85. The molecule has 0 fully saturated rings. The van der Waals surface area contributed by atoms with Gasteiger partial charge in [-0.3, -0.25) is 4.79 Å². The van der Waals surface area contributed by atoms with Crippen LogP contribution >= 0.6 is 0 Å². The summed E-state index contributed by atoms with van der Waals surface area (Å²) in [5, 5.41) is 2.33. The van der Waals surface area contributed by atoms with Gasteiger partial charge in [0.1, 0.15) is 11.6 Å². The summed E-state index contributed by atoms with van der Waals surface area (Å²) < 4.78 is 50.1. The third-order valence-corrected chi connectivity index (χ3v) is 4.15. The van der Waals surface area contributed by atoms with Gasteiger partial charge in [0.15, 0.2) is 9.84 Å². The Morgan fingerprint density at radius 2 is 1.73 bits per heavy atom. The number of sulfone groups is 1. The number of aryl methyl sites for hydroxylation is 1. The molecule has 0 radical (unpaired) electrons. The quantitative estimate of drug-likeness (QED) is 0.883. The zero-order valence-electron chi connectivity index (χ0n) is 11.9. The minimum atomic E-state index is -3.57. The molecule has 2 rings (SSSR count). The van der Waals surface area contributed by atoms with E-state index in [4.69, 9.17) is 0 Å². The van der Waals surface area contributed by atoms with Crippen molar-refractivity contribution in [3.8, 4) is 0 Å². The fraction of sp³-hybridized carbons (Fsp3) is 0.133. The van der Waals surface area contributed by atoms with Gasteiger partial charge in [0.25, 0.3) is 5.91 Å². The number of amides is 1. The average molecular weight is 325 g/mol. The molecular weight excluding hydrogens is 312 g/mol. The zero-order valence-corrected chi connectivity index (χ0v) is 12.7. The molecule has 0 spiro atoms. The summed E-state index contributed by atoms with van der Waals surface area (Å²) in [4.78, 5) is 11.9. The fourth-order valence-corrected chi connectivity index (χ4v) is 2.43. The molecule has 2 aromatic rings. The minimum Gasteiger partial charge on any atom is -0.322 e. The Morgan fingerprint density at radius 1 is 1.05 bits per heavy atom. The average Bonchev–Trinajstić information content (AvgIpc) is 2.42. The molecule has 0 atom stereocenters. The molecule has 116 valence electrons. The van der Waals surface area contributed by atoms with E-state index in [1.807, 2.05) is 0 Å². The molecule has 0 heterocycles. The van der Waals surface area contributed by atoms with Crippen LogP contribution in [0.1, 0.15) is 15.9 Å². The number of nitrogens with one attached hydrogen (secondary N) is 1. The van der Waals surface area contributed by atoms with Gasteiger partial charge >= 0.3 is 0 Å². The number of carbonyl (C=O) groups excluding carboxylic acids is 1. The van der Waals surface area contributed by atoms with E-state index in [1.165, 1.54) is 12.1 Å². The summed E-state index contributed by atoms with van der Waals surface area (Å²) in [5.41, 5.74) is 0.129. The van der Waals surface area contributed by atoms with Gasteiger partial charge < -0.3 is 5.32 Å². The Hall–Kier alpha value is -2.28. The SMILES string of the molecule is Cc1ccc(NC(=O)c2cc(S(C)(=O)=O)ccc2F)cc1F. The molecule has 0 aromatic heterocycles. The molecule has 2 aromatic carbocycles. The maximum Gasteiger partial charge on any atom is 0.258 e. The van der Waals surface area contributed by atoms with Crippen molar-refractivity contribution >= 4 is 21.4 Å². The number of halogens is 2. The molecule has 0 unspecified atom stereocenters. The van der Waals surface area contributed by atoms with Crippen molar-refractivity contribution < 1.29 is 22.0 Å². The highest BCUT2D eigenvalue weighted by Gasteiger charge is 2.17. The van der Waals surface area contributed by atoms with Crippen LogP contribution in [0.3, 0.4) is 0 Å². The van der Waals surface area contributed by atoms with Crippen molar-refractivity contribution in [2.24, 2.45) is 0 Å². The summed E-state index contributed by atoms with van der Waals surface area (Å²) >= 11 is 0. The lowest BCUT2D eigenvalue weighted by atomic mass is 10.1. The van der Waals surface area contributed by atoms with E-state index < -0.39 is 32.9 Å². The van der Waals surface area contributed by atoms with E-state index >= 15 is 0 Å². The predicted octanol–water partition coefficient (Wildman–Crippen LogP) is 2.93. The van der Waals surface area contributed by atoms with E-state index in [0.29, 0.717) is 5.56 Å². The van der Waals surface area contributed by atoms with Gasteiger partial charge in [0.05, 0.1) is 10.5 Å². The molecule has 22 heavy (non-hydrogen) atoms. The largest absolute Gasteiger partial charge is 0.322 e. The van der Waals surface area contributed by atoms with Crippen molar-refractivity contribution in [3.05, 3.63) is 59.2 Å². The van der Waals surface area contributed by atoms with Crippen LogP contribution in [0, 0.1) is 18.6 Å². The molecule has 1 amide bonds. The van der Waals surface area contributed by atoms with Crippen LogP contribution < -0.4 is 5.32 Å². The Kier molecular flexibility index (Phi) is 4.27. The van der Waals surface area contributed by atoms with Crippen molar-refractivity contribution in [1.82, 2.24) is 0 Å². The number of benzene rings is 2. The molecule has 4 nitrogen and oxygen atoms in total. The summed E-state index contributed by atoms with van der Waals surface area (Å²) in [6, 6.07) is 6.97. The number of anilines is 1. The van der Waals surface area contributed by atoms with Crippen LogP contribution in [0.5, 0.6) is 0 Å². The molecule has 7 heteroatoms. The first-order chi connectivity index (χ1) is 10.2. The van der Waals surface area contributed by atoms with Gasteiger partial charge in [0.2, 0.25) is 0 Å². The smallest absolute Gasteiger partial charge is 0.258 e. The summed E-state index contributed by atoms with van der Waals surface area (Å²) in [5.74, 6) is -2.23. The second kappa shape index (κ2) is 5.84. The van der Waals surface area contributed by atoms with Gasteiger partial charge in [-0.2, -0.15) is 0 Å². The van der Waals surface area contributed by atoms with Crippen LogP contribution in [0.25, 0.3) is 0 Å². The van der Waals surface area contributed by atoms with Crippen LogP contribution in [0.15, 0.2) is 41.3 Å². The summed E-state index contributed by atoms with van der Waals surface area (Å²) in [6.07, 6.45) is 0.956. The van der Waals surface area contributed by atoms with E-state index in [9.17, 15) is 22.0 Å². The van der Waals surface area contributed by atoms with Gasteiger partial charge in [-0.05, 0) is 42.8 Å². The van der Waals surface area contributed by atoms with Crippen LogP contribution in [-0.4, -0.2) is 20.6 Å². The molecule has 0 aliphatic carbocycles. The topological polar surface area (TPSA) is 63.2 Å². The third-order valence-electron chi connectivity index (χ3n) is 3.04. The van der Waals surface area contributed by atoms with Gasteiger partial charge in [-0.25, -0.2) is 17.2 Å². The molecule has 1 N–H and O–H groups in total. The van der Waals surface area contributed by atoms with Crippen LogP contribution in [0.2, 0.25) is 0 Å². The highest BCUT2D eigenvalue weighted by atomic mass is 32.2. The van der Waals surface area contributed by atoms with Gasteiger partial charge in [-0.1, -0.05) is 6.07 Å². The highest BCUT2D eigenvalue weighted by molar-refractivity contribution is 7.90. The maximum atomic E-state index is 13.7. The predicted molar refractivity (Wildman–Crippen MR) is 78.6 cm³/mol. The van der Waals surface area contributed by atoms with Crippen LogP contribution in [0.4, 0.5) is 14.5 Å². The Labute approximate surface area is 126 Å². The number of rotatable bonds is 3. The van der Waals surface area contributed by atoms with Crippen molar-refractivity contribution in [3.63, 3.8) is 0 Å². The number of carbonyl (C=O) groups is 1. The zero-order chi connectivity index (χ0) is 16.5. The fourth-order valence-electron chi connectivity index (χ4n) is 1.78. The van der Waals surface area contributed by atoms with Crippen molar-refractivity contribution in [2.45, 2.75) is 11.8 Å². The summed E-state index contributed by atoms with van der Waals surface area (Å²) in [6.45, 7) is 1.57. The van der Waals surface area contributed by atoms with E-state index in [0.717, 1.165) is 30.5 Å². The minimum absolute atomic E-state index is 0.150. The molecule has 0 aliphatic heterocycles. The first-order valence-corrected chi connectivity index (χ1v) is 8.15. The standard InChI is InChI=1S/C15H13F2NO3S/c1-9-3-4-10(7-14(9)17)18-15(19)12-8-11(22(2,20)21)5-6-13(12)16/h3-8H,1-2H3,(H,18,19). The normalized spacial score (nSPS) is 11.3. The van der Waals surface area contributed by atoms with Crippen molar-refractivity contribution in [1.29, 1.82) is 0 Å². The Morgan fingerprint density at radius 3 is 2.32 bits per heavy atom. The molecule has 0 aliphatic rings. The first kappa shape index (κ1) is 16.1. The number of hydrogen-bond donors (Lipinski definition) is 1. The van der Waals surface area contributed by atoms with Crippen LogP contribution in [-0.2, 0) is 9.84 Å². The molecule has 0 bridgehead atoms. The van der Waals surface area contributed by atoms with E-state index in [-0.39, 0.29) is 10.6 Å². The maximum absolute atomic E-state index is 13.7. The molecular formula is C15H13F2NO3S. The summed E-state index contributed by atoms with van der Waals surface area (Å²) in [7, 11) is -3.57. The lowest BCUT2D eigenvalue weighted by Crippen LogP contribution is -2.15. The monoisotopic (exact) mass is 325 g/mol. The molecule has 0 saturated heterocycles. The lowest BCUT2D eigenvalue weighted by molar-refractivity contribution is 0.102.